The number of ether oxygens (including phenoxy) is 4. The molecule has 0 N–H and O–H groups in total. The number of quaternary nitrogens is 2. The predicted octanol–water partition coefficient (Wildman–Crippen LogP) is 22.4. The number of esters is 4. The zero-order valence-electron chi connectivity index (χ0n) is 69.7. The van der Waals surface area contributed by atoms with Crippen molar-refractivity contribution in [2.75, 3.05) is 95.0 Å². The van der Waals surface area contributed by atoms with E-state index in [1.807, 2.05) is 42.3 Å². The second kappa shape index (κ2) is 75.7. The molecule has 0 aromatic carbocycles. The molecule has 0 amide bonds. The lowest BCUT2D eigenvalue weighted by Gasteiger charge is -2.28. The fourth-order valence-corrected chi connectivity index (χ4v) is 12.8. The summed E-state index contributed by atoms with van der Waals surface area (Å²) >= 11 is 0. The molecule has 0 aliphatic carbocycles. The van der Waals surface area contributed by atoms with Gasteiger partial charge in [0.1, 0.15) is 39.5 Å². The summed E-state index contributed by atoms with van der Waals surface area (Å²) in [5.41, 5.74) is 0. The van der Waals surface area contributed by atoms with Crippen molar-refractivity contribution in [3.05, 3.63) is 60.8 Å². The lowest BCUT2D eigenvalue weighted by Crippen LogP contribution is -2.37. The van der Waals surface area contributed by atoms with Gasteiger partial charge in [0.25, 0.3) is 15.6 Å². The van der Waals surface area contributed by atoms with Gasteiger partial charge in [0.2, 0.25) is 0 Å². The summed E-state index contributed by atoms with van der Waals surface area (Å²) in [6.07, 6.45) is 76.4. The van der Waals surface area contributed by atoms with Gasteiger partial charge in [-0.3, -0.25) is 28.3 Å². The highest BCUT2D eigenvalue weighted by Gasteiger charge is 2.24. The number of carbonyl (C=O) groups is 4. The van der Waals surface area contributed by atoms with Crippen molar-refractivity contribution < 1.29 is 84.1 Å². The number of phosphoric ester groups is 2. The number of allylic oxidation sites excluding steroid dienone is 10. The van der Waals surface area contributed by atoms with Crippen molar-refractivity contribution in [3.8, 4) is 0 Å². The standard InChI is InChI=1S/C44H80NO8P.C42H82NO8P/c1-6-8-10-12-14-16-18-20-22-24-26-28-30-32-34-36-43(46)50-40-42(41-52-54(48,49)51-39-38-45(3,4)5)53-44(47)37-35-33-31-29-27-25-23-21-19-17-15-13-11-9-7-2;1-6-8-10-12-14-16-18-20-21-23-25-27-29-31-33-35-42(45)51-40(39-50-52(46,47)49-37-36-43(3,4)5)38-48-41(44)34-32-30-28-26-24-22-19-17-15-13-11-9-7-2/h14-17,20-23,42H,6-13,18-19,24-41H2,1-5H3;20-21,40H,6-19,22-39H2,1-5H3/b16-14-,17-15-,22-20-,23-21-;21-20-/t42-;40-/m11/s1. The zero-order valence-corrected chi connectivity index (χ0v) is 71.5. The van der Waals surface area contributed by atoms with Gasteiger partial charge in [-0.15, -0.1) is 0 Å². The smallest absolute Gasteiger partial charge is 0.306 e. The van der Waals surface area contributed by atoms with Gasteiger partial charge in [-0.05, 0) is 116 Å². The van der Waals surface area contributed by atoms with Crippen molar-refractivity contribution in [2.45, 2.75) is 374 Å². The first-order valence-electron chi connectivity index (χ1n) is 42.7. The molecule has 0 aliphatic rings. The molecule has 0 saturated heterocycles. The van der Waals surface area contributed by atoms with E-state index in [1.165, 1.54) is 161 Å². The largest absolute Gasteiger partial charge is 0.756 e. The van der Waals surface area contributed by atoms with Crippen LogP contribution in [0.3, 0.4) is 0 Å². The molecule has 0 aliphatic heterocycles. The molecule has 0 bridgehead atoms. The Labute approximate surface area is 649 Å². The molecule has 0 fully saturated rings. The van der Waals surface area contributed by atoms with Crippen molar-refractivity contribution in [1.29, 1.82) is 0 Å². The first-order chi connectivity index (χ1) is 51.0. The Balaban J connectivity index is 0. The number of hydrogen-bond acceptors (Lipinski definition) is 16. The van der Waals surface area contributed by atoms with Gasteiger partial charge in [-0.2, -0.15) is 0 Å². The third kappa shape index (κ3) is 84.7. The van der Waals surface area contributed by atoms with E-state index in [4.69, 9.17) is 37.0 Å². The normalized spacial score (nSPS) is 13.9. The van der Waals surface area contributed by atoms with Crippen LogP contribution in [0.2, 0.25) is 0 Å². The lowest BCUT2D eigenvalue weighted by molar-refractivity contribution is -0.870. The summed E-state index contributed by atoms with van der Waals surface area (Å²) in [7, 11) is 2.31. The van der Waals surface area contributed by atoms with Gasteiger partial charge in [0, 0.05) is 25.7 Å². The molecule has 0 aromatic heterocycles. The third-order valence-corrected chi connectivity index (χ3v) is 20.0. The van der Waals surface area contributed by atoms with E-state index in [0.717, 1.165) is 128 Å². The van der Waals surface area contributed by atoms with E-state index < -0.39 is 59.0 Å². The van der Waals surface area contributed by atoms with Crippen LogP contribution in [0.15, 0.2) is 60.8 Å². The Hall–Kier alpha value is -3.28. The Kier molecular flexibility index (Phi) is 74.9. The van der Waals surface area contributed by atoms with E-state index >= 15 is 0 Å². The zero-order chi connectivity index (χ0) is 78.6. The molecule has 18 nitrogen and oxygen atoms in total. The average molecular weight is 1540 g/mol. The Morgan fingerprint density at radius 3 is 0.774 bits per heavy atom. The number of rotatable bonds is 77. The van der Waals surface area contributed by atoms with Gasteiger partial charge >= 0.3 is 23.9 Å². The summed E-state index contributed by atoms with van der Waals surface area (Å²) in [5, 5.41) is 0. The van der Waals surface area contributed by atoms with Crippen LogP contribution < -0.4 is 9.79 Å². The van der Waals surface area contributed by atoms with Crippen LogP contribution in [0.25, 0.3) is 0 Å². The number of hydrogen-bond donors (Lipinski definition) is 0. The quantitative estimate of drug-likeness (QED) is 0.0138. The fourth-order valence-electron chi connectivity index (χ4n) is 11.3. The predicted molar refractivity (Wildman–Crippen MR) is 435 cm³/mol. The second-order valence-electron chi connectivity index (χ2n) is 31.1. The monoisotopic (exact) mass is 1540 g/mol. The maximum atomic E-state index is 12.6. The van der Waals surface area contributed by atoms with Crippen LogP contribution in [-0.2, 0) is 65.4 Å². The molecule has 0 rings (SSSR count). The number of nitrogens with zero attached hydrogens (tertiary/aromatic N) is 2. The second-order valence-corrected chi connectivity index (χ2v) is 33.9. The Morgan fingerprint density at radius 2 is 0.509 bits per heavy atom. The van der Waals surface area contributed by atoms with Crippen molar-refractivity contribution >= 4 is 39.5 Å². The molecule has 0 radical (unpaired) electrons. The molecule has 4 atom stereocenters. The molecule has 20 heteroatoms. The number of likely N-dealkylation sites (N-methyl/N-ethyl adjacent to an activating group) is 2. The third-order valence-electron chi connectivity index (χ3n) is 18.1. The van der Waals surface area contributed by atoms with Gasteiger partial charge in [-0.1, -0.05) is 281 Å². The van der Waals surface area contributed by atoms with Crippen LogP contribution >= 0.6 is 15.6 Å². The highest BCUT2D eigenvalue weighted by atomic mass is 31.2. The van der Waals surface area contributed by atoms with Gasteiger partial charge in [-0.25, -0.2) is 0 Å². The van der Waals surface area contributed by atoms with Crippen LogP contribution in [-0.4, -0.2) is 140 Å². The van der Waals surface area contributed by atoms with Gasteiger partial charge in [0.15, 0.2) is 12.2 Å². The van der Waals surface area contributed by atoms with Crippen LogP contribution in [0.5, 0.6) is 0 Å². The summed E-state index contributed by atoms with van der Waals surface area (Å²) < 4.78 is 67.7. The molecule has 622 valence electrons. The summed E-state index contributed by atoms with van der Waals surface area (Å²) in [4.78, 5) is 74.9. The minimum absolute atomic E-state index is 0.0294. The minimum atomic E-state index is -4.63. The van der Waals surface area contributed by atoms with Crippen molar-refractivity contribution in [3.63, 3.8) is 0 Å². The molecular formula is C86H162N2O16P2. The molecule has 0 saturated carbocycles. The topological polar surface area (TPSA) is 222 Å². The molecule has 0 aromatic rings. The molecule has 0 heterocycles. The molecule has 106 heavy (non-hydrogen) atoms. The number of unbranched alkanes of at least 4 members (excludes halogenated alkanes) is 39. The first kappa shape index (κ1) is 105. The van der Waals surface area contributed by atoms with E-state index in [9.17, 15) is 38.1 Å². The van der Waals surface area contributed by atoms with Crippen molar-refractivity contribution in [1.82, 2.24) is 0 Å². The van der Waals surface area contributed by atoms with E-state index in [2.05, 4.69) is 88.5 Å². The van der Waals surface area contributed by atoms with Gasteiger partial charge in [0.05, 0.1) is 55.5 Å². The maximum absolute atomic E-state index is 12.6. The highest BCUT2D eigenvalue weighted by molar-refractivity contribution is 7.46. The summed E-state index contributed by atoms with van der Waals surface area (Å²) in [5.74, 6) is -1.71. The van der Waals surface area contributed by atoms with Crippen molar-refractivity contribution in [2.24, 2.45) is 0 Å². The summed E-state index contributed by atoms with van der Waals surface area (Å²) in [6, 6.07) is 0. The van der Waals surface area contributed by atoms with E-state index in [0.29, 0.717) is 41.3 Å². The van der Waals surface area contributed by atoms with Crippen LogP contribution in [0, 0.1) is 0 Å². The van der Waals surface area contributed by atoms with E-state index in [-0.39, 0.29) is 58.1 Å². The van der Waals surface area contributed by atoms with Crippen LogP contribution in [0.4, 0.5) is 0 Å². The molecule has 2 unspecified atom stereocenters. The average Bonchev–Trinajstić information content (AvgIpc) is 0.909. The molecular weight excluding hydrogens is 1380 g/mol. The first-order valence-corrected chi connectivity index (χ1v) is 45.7. The number of carbonyl (C=O) groups excluding carboxylic acids is 4. The SMILES string of the molecule is CCCCC/C=C\C/C=C\CCCCCCCC(=O)OC[C@H](COP(=O)([O-])OCC[N+](C)(C)C)OC(=O)CCCCCCC/C=C\C/C=C\CCCCC.CCCCCCCC/C=C\CCCCCCCC(=O)O[C@H](COC(=O)CCCCCCCCCCCCCCC)COP(=O)([O-])OCC[N+](C)(C)C. The molecule has 0 spiro atoms. The lowest BCUT2D eigenvalue weighted by atomic mass is 10.0. The fraction of sp³-hybridized carbons (Fsp3) is 0.837. The number of phosphoric acid groups is 2. The van der Waals surface area contributed by atoms with Crippen LogP contribution in [0.1, 0.15) is 362 Å². The summed E-state index contributed by atoms with van der Waals surface area (Å²) in [6.45, 7) is 8.35. The Morgan fingerprint density at radius 1 is 0.292 bits per heavy atom. The Bertz CT molecular complexity index is 2280. The van der Waals surface area contributed by atoms with Gasteiger partial charge < -0.3 is 55.8 Å². The van der Waals surface area contributed by atoms with E-state index in [1.54, 1.807) is 0 Å². The maximum Gasteiger partial charge on any atom is 0.306 e. The highest BCUT2D eigenvalue weighted by Crippen LogP contribution is 2.39. The minimum Gasteiger partial charge on any atom is -0.756 e.